The van der Waals surface area contributed by atoms with Crippen LogP contribution in [0.15, 0.2) is 15.0 Å². The first kappa shape index (κ1) is 14.1. The van der Waals surface area contributed by atoms with E-state index in [9.17, 15) is 19.8 Å². The first-order valence-corrected chi connectivity index (χ1v) is 6.90. The Hall–Kier alpha value is -1.82. The molecule has 0 radical (unpaired) electrons. The Bertz CT molecular complexity index is 617. The summed E-state index contributed by atoms with van der Waals surface area (Å²) < 4.78 is 0. The van der Waals surface area contributed by atoms with Gasteiger partial charge in [0, 0.05) is 0 Å². The fourth-order valence-corrected chi connectivity index (χ4v) is 3.67. The summed E-state index contributed by atoms with van der Waals surface area (Å²) in [6, 6.07) is -0.802. The summed E-state index contributed by atoms with van der Waals surface area (Å²) in [5, 5.41) is 27.4. The van der Waals surface area contributed by atoms with Gasteiger partial charge in [-0.1, -0.05) is 0 Å². The largest absolute Gasteiger partial charge is 0.395 e. The molecule has 4 atom stereocenters. The van der Waals surface area contributed by atoms with Crippen LogP contribution >= 0.6 is 11.8 Å². The minimum absolute atomic E-state index is 0.0974. The van der Waals surface area contributed by atoms with Crippen molar-refractivity contribution in [2.24, 2.45) is 20.7 Å². The molecule has 0 bridgehead atoms. The van der Waals surface area contributed by atoms with E-state index in [1.807, 2.05) is 0 Å². The second-order valence-electron chi connectivity index (χ2n) is 4.55. The van der Waals surface area contributed by atoms with Gasteiger partial charge in [-0.05, 0) is 0 Å². The first-order valence-electron chi connectivity index (χ1n) is 5.96. The van der Waals surface area contributed by atoms with Gasteiger partial charge in [0.25, 0.3) is 0 Å². The normalized spacial score (nSPS) is 35.6. The van der Waals surface area contributed by atoms with Crippen molar-refractivity contribution in [2.45, 2.75) is 22.8 Å². The lowest BCUT2D eigenvalue weighted by Crippen LogP contribution is -2.48. The number of hydrogen-bond acceptors (Lipinski definition) is 8. The maximum absolute atomic E-state index is 12.0. The van der Waals surface area contributed by atoms with Gasteiger partial charge in [0.15, 0.2) is 11.5 Å². The molecule has 10 nitrogen and oxygen atoms in total. The molecule has 0 aliphatic carbocycles. The van der Waals surface area contributed by atoms with Crippen LogP contribution in [0.4, 0.5) is 4.79 Å². The summed E-state index contributed by atoms with van der Waals surface area (Å²) in [4.78, 5) is 35.4. The van der Waals surface area contributed by atoms with Crippen LogP contribution in [0.3, 0.4) is 0 Å². The number of aliphatic hydroxyl groups is 3. The van der Waals surface area contributed by atoms with Crippen molar-refractivity contribution < 1.29 is 24.9 Å². The number of fused-ring (bicyclic) bond motifs is 1. The number of aliphatic hydroxyl groups excluding tert-OH is 3. The molecule has 0 aromatic heterocycles. The van der Waals surface area contributed by atoms with Crippen LogP contribution in [0.2, 0.25) is 0 Å². The Morgan fingerprint density at radius 2 is 1.90 bits per heavy atom. The van der Waals surface area contributed by atoms with Crippen LogP contribution < -0.4 is 5.73 Å². The minimum Gasteiger partial charge on any atom is -0.395 e. The Kier molecular flexibility index (Phi) is 3.28. The summed E-state index contributed by atoms with van der Waals surface area (Å²) >= 11 is 0.995. The minimum atomic E-state index is -1.32. The van der Waals surface area contributed by atoms with E-state index in [2.05, 4.69) is 15.0 Å². The average molecular weight is 313 g/mol. The standard InChI is InChI=1S/C10H11N5O5S/c11-9-13-6-3(7(19)14-9)12-10(20)15(6)8-5(18)4(17)2(1-16)21-8/h2,4-5,8,16-18H,1H2,(H2,11,14,19)/t2-,4?,5?,8-/m1/s1. The summed E-state index contributed by atoms with van der Waals surface area (Å²) in [6.07, 6.45) is -2.53. The van der Waals surface area contributed by atoms with Crippen molar-refractivity contribution >= 4 is 41.2 Å². The Morgan fingerprint density at radius 3 is 2.52 bits per heavy atom. The number of aliphatic imine (C=N–C) groups is 3. The molecule has 3 amide bonds. The molecular weight excluding hydrogens is 302 g/mol. The summed E-state index contributed by atoms with van der Waals surface area (Å²) in [5.41, 5.74) is 5.15. The van der Waals surface area contributed by atoms with Gasteiger partial charge in [0.2, 0.25) is 5.96 Å². The molecule has 0 saturated carbocycles. The fourth-order valence-electron chi connectivity index (χ4n) is 2.27. The van der Waals surface area contributed by atoms with Crippen molar-refractivity contribution in [3.63, 3.8) is 0 Å². The van der Waals surface area contributed by atoms with Gasteiger partial charge in [-0.25, -0.2) is 4.79 Å². The zero-order chi connectivity index (χ0) is 15.3. The molecule has 112 valence electrons. The molecule has 1 fully saturated rings. The quantitative estimate of drug-likeness (QED) is 0.430. The molecule has 0 aromatic rings. The highest BCUT2D eigenvalue weighted by atomic mass is 32.2. The lowest BCUT2D eigenvalue weighted by Gasteiger charge is -2.26. The van der Waals surface area contributed by atoms with Gasteiger partial charge < -0.3 is 21.1 Å². The van der Waals surface area contributed by atoms with E-state index >= 15 is 0 Å². The first-order chi connectivity index (χ1) is 9.93. The average Bonchev–Trinajstić information content (AvgIpc) is 2.89. The van der Waals surface area contributed by atoms with Crippen LogP contribution in [0, 0.1) is 0 Å². The molecule has 11 heteroatoms. The van der Waals surface area contributed by atoms with Crippen LogP contribution in [0.5, 0.6) is 0 Å². The number of hydrogen-bond donors (Lipinski definition) is 4. The molecule has 21 heavy (non-hydrogen) atoms. The summed E-state index contributed by atoms with van der Waals surface area (Å²) in [5.74, 6) is -1.20. The SMILES string of the molecule is NC1=NC(=O)C2=NC(=O)N([C@@H]3S[C@H](CO)C(O)C3O)C2=N1. The molecule has 0 aromatic carbocycles. The van der Waals surface area contributed by atoms with Gasteiger partial charge in [-0.15, -0.1) is 11.8 Å². The van der Waals surface area contributed by atoms with E-state index in [0.717, 1.165) is 16.7 Å². The van der Waals surface area contributed by atoms with Crippen LogP contribution in [0.1, 0.15) is 0 Å². The molecule has 3 heterocycles. The van der Waals surface area contributed by atoms with E-state index in [-0.39, 0.29) is 24.1 Å². The number of rotatable bonds is 2. The number of carbonyl (C=O) groups is 2. The number of guanidine groups is 1. The third-order valence-corrected chi connectivity index (χ3v) is 4.81. The third-order valence-electron chi connectivity index (χ3n) is 3.26. The van der Waals surface area contributed by atoms with E-state index in [0.29, 0.717) is 0 Å². The highest BCUT2D eigenvalue weighted by Gasteiger charge is 2.51. The monoisotopic (exact) mass is 313 g/mol. The molecule has 5 N–H and O–H groups in total. The Balaban J connectivity index is 1.95. The molecule has 3 aliphatic heterocycles. The molecule has 3 rings (SSSR count). The Labute approximate surface area is 122 Å². The van der Waals surface area contributed by atoms with Crippen molar-refractivity contribution in [1.29, 1.82) is 0 Å². The van der Waals surface area contributed by atoms with E-state index < -0.39 is 34.8 Å². The maximum atomic E-state index is 12.0. The number of amides is 3. The number of carbonyl (C=O) groups excluding carboxylic acids is 2. The van der Waals surface area contributed by atoms with Gasteiger partial charge in [-0.3, -0.25) is 9.69 Å². The van der Waals surface area contributed by atoms with E-state index in [1.54, 1.807) is 0 Å². The fraction of sp³-hybridized carbons (Fsp3) is 0.500. The second-order valence-corrected chi connectivity index (χ2v) is 5.91. The van der Waals surface area contributed by atoms with Crippen molar-refractivity contribution in [1.82, 2.24) is 4.90 Å². The lowest BCUT2D eigenvalue weighted by molar-refractivity contribution is -0.111. The number of nitrogens with two attached hydrogens (primary N) is 1. The third kappa shape index (κ3) is 2.05. The van der Waals surface area contributed by atoms with E-state index in [1.165, 1.54) is 0 Å². The number of thioether (sulfide) groups is 1. The molecular formula is C10H11N5O5S. The van der Waals surface area contributed by atoms with Gasteiger partial charge in [0.05, 0.1) is 18.0 Å². The summed E-state index contributed by atoms with van der Waals surface area (Å²) in [7, 11) is 0. The number of urea groups is 1. The molecule has 2 unspecified atom stereocenters. The van der Waals surface area contributed by atoms with Gasteiger partial charge in [0.1, 0.15) is 11.5 Å². The molecule has 1 saturated heterocycles. The van der Waals surface area contributed by atoms with Gasteiger partial charge >= 0.3 is 11.9 Å². The maximum Gasteiger partial charge on any atom is 0.351 e. The number of nitrogens with zero attached hydrogens (tertiary/aromatic N) is 4. The highest BCUT2D eigenvalue weighted by Crippen LogP contribution is 2.38. The zero-order valence-corrected chi connectivity index (χ0v) is 11.3. The van der Waals surface area contributed by atoms with Crippen LogP contribution in [-0.4, -0.2) is 79.1 Å². The molecule has 3 aliphatic rings. The number of amidine groups is 1. The van der Waals surface area contributed by atoms with Crippen LogP contribution in [0.25, 0.3) is 0 Å². The topological polar surface area (TPSA) is 161 Å². The van der Waals surface area contributed by atoms with Gasteiger partial charge in [-0.2, -0.15) is 15.0 Å². The van der Waals surface area contributed by atoms with E-state index in [4.69, 9.17) is 10.8 Å². The Morgan fingerprint density at radius 1 is 1.19 bits per heavy atom. The smallest absolute Gasteiger partial charge is 0.351 e. The van der Waals surface area contributed by atoms with Crippen molar-refractivity contribution in [3.05, 3.63) is 0 Å². The predicted molar refractivity (Wildman–Crippen MR) is 73.0 cm³/mol. The van der Waals surface area contributed by atoms with Crippen molar-refractivity contribution in [2.75, 3.05) is 6.61 Å². The summed E-state index contributed by atoms with van der Waals surface area (Å²) in [6.45, 7) is -0.371. The van der Waals surface area contributed by atoms with Crippen LogP contribution in [-0.2, 0) is 4.79 Å². The predicted octanol–water partition coefficient (Wildman–Crippen LogP) is -2.73. The highest BCUT2D eigenvalue weighted by molar-refractivity contribution is 8.00. The lowest BCUT2D eigenvalue weighted by atomic mass is 10.1. The second kappa shape index (κ2) is 4.87. The zero-order valence-electron chi connectivity index (χ0n) is 10.4. The molecule has 0 spiro atoms. The van der Waals surface area contributed by atoms with Crippen molar-refractivity contribution in [3.8, 4) is 0 Å².